The summed E-state index contributed by atoms with van der Waals surface area (Å²) in [6.45, 7) is 0.419. The van der Waals surface area contributed by atoms with E-state index in [0.29, 0.717) is 24.9 Å². The summed E-state index contributed by atoms with van der Waals surface area (Å²) in [5, 5.41) is 11.5. The van der Waals surface area contributed by atoms with Crippen molar-refractivity contribution >= 4 is 6.09 Å². The average molecular weight is 487 g/mol. The van der Waals surface area contributed by atoms with E-state index in [4.69, 9.17) is 4.74 Å². The van der Waals surface area contributed by atoms with E-state index in [9.17, 15) is 27.5 Å². The summed E-state index contributed by atoms with van der Waals surface area (Å²) in [4.78, 5) is 14.3. The van der Waals surface area contributed by atoms with Crippen molar-refractivity contribution in [3.8, 4) is 0 Å². The van der Waals surface area contributed by atoms with Crippen LogP contribution in [0.5, 0.6) is 0 Å². The molecule has 0 aromatic heterocycles. The number of ether oxygens (including phenoxy) is 1. The first-order valence-electron chi connectivity index (χ1n) is 11.3. The molecule has 3 aromatic rings. The Kier molecular flexibility index (Phi) is 7.40. The van der Waals surface area contributed by atoms with Gasteiger partial charge in [0.1, 0.15) is 12.4 Å². The van der Waals surface area contributed by atoms with E-state index in [-0.39, 0.29) is 12.2 Å². The van der Waals surface area contributed by atoms with Gasteiger partial charge in [0.05, 0.1) is 17.7 Å². The first kappa shape index (κ1) is 24.7. The number of benzene rings is 3. The number of carbonyl (C=O) groups excluding carboxylic acids is 1. The number of carbonyl (C=O) groups is 1. The van der Waals surface area contributed by atoms with Gasteiger partial charge in [-0.1, -0.05) is 60.7 Å². The number of aliphatic hydroxyl groups is 1. The number of hydrogen-bond donors (Lipinski definition) is 1. The molecular formula is C27H25F4NO3. The number of likely N-dealkylation sites (tertiary alicyclic amines) is 1. The lowest BCUT2D eigenvalue weighted by molar-refractivity contribution is -0.137. The van der Waals surface area contributed by atoms with E-state index < -0.39 is 41.7 Å². The maximum Gasteiger partial charge on any atom is 0.416 e. The second-order valence-electron chi connectivity index (χ2n) is 8.59. The minimum Gasteiger partial charge on any atom is -0.445 e. The zero-order valence-corrected chi connectivity index (χ0v) is 18.8. The maximum absolute atomic E-state index is 13.6. The number of amides is 1. The van der Waals surface area contributed by atoms with Crippen LogP contribution in [-0.4, -0.2) is 34.8 Å². The Labute approximate surface area is 200 Å². The van der Waals surface area contributed by atoms with Crippen molar-refractivity contribution in [1.82, 2.24) is 4.90 Å². The van der Waals surface area contributed by atoms with Gasteiger partial charge in [-0.2, -0.15) is 13.2 Å². The van der Waals surface area contributed by atoms with Gasteiger partial charge in [0.15, 0.2) is 0 Å². The van der Waals surface area contributed by atoms with Crippen LogP contribution in [0, 0.1) is 5.82 Å². The largest absolute Gasteiger partial charge is 0.445 e. The highest BCUT2D eigenvalue weighted by Gasteiger charge is 2.40. The van der Waals surface area contributed by atoms with Gasteiger partial charge in [0, 0.05) is 12.5 Å². The van der Waals surface area contributed by atoms with Gasteiger partial charge < -0.3 is 14.7 Å². The molecule has 8 heteroatoms. The van der Waals surface area contributed by atoms with Crippen LogP contribution in [0.1, 0.15) is 41.0 Å². The Morgan fingerprint density at radius 1 is 1.00 bits per heavy atom. The van der Waals surface area contributed by atoms with E-state index >= 15 is 0 Å². The minimum absolute atomic E-state index is 0.0635. The summed E-state index contributed by atoms with van der Waals surface area (Å²) in [6, 6.07) is 18.5. The molecule has 35 heavy (non-hydrogen) atoms. The first-order chi connectivity index (χ1) is 16.7. The quantitative estimate of drug-likeness (QED) is 0.425. The van der Waals surface area contributed by atoms with Crippen LogP contribution in [0.3, 0.4) is 0 Å². The van der Waals surface area contributed by atoms with Crippen molar-refractivity contribution in [1.29, 1.82) is 0 Å². The third-order valence-electron chi connectivity index (χ3n) is 6.28. The third kappa shape index (κ3) is 5.82. The van der Waals surface area contributed by atoms with Crippen LogP contribution >= 0.6 is 0 Å². The number of halogens is 4. The normalized spacial score (nSPS) is 17.7. The van der Waals surface area contributed by atoms with Gasteiger partial charge in [-0.15, -0.1) is 0 Å². The third-order valence-corrected chi connectivity index (χ3v) is 6.28. The van der Waals surface area contributed by atoms with Gasteiger partial charge >= 0.3 is 12.3 Å². The van der Waals surface area contributed by atoms with Gasteiger partial charge in [0.25, 0.3) is 0 Å². The Bertz CT molecular complexity index is 1140. The standard InChI is InChI=1S/C27H25F4NO3/c28-22-13-11-19(12-14-22)24(20-8-4-9-21(16-20)27(29,30)31)25(33)23-10-5-15-32(23)26(34)35-17-18-6-2-1-3-7-18/h1-4,6-9,11-14,16,23-25,33H,5,10,15,17H2/t23-,24+,25+/m1/s1. The molecule has 0 bridgehead atoms. The Morgan fingerprint density at radius 3 is 2.40 bits per heavy atom. The summed E-state index contributed by atoms with van der Waals surface area (Å²) in [6.07, 6.45) is -5.33. The van der Waals surface area contributed by atoms with Gasteiger partial charge in [-0.3, -0.25) is 0 Å². The fourth-order valence-electron chi connectivity index (χ4n) is 4.56. The monoisotopic (exact) mass is 487 g/mol. The molecule has 1 aliphatic heterocycles. The minimum atomic E-state index is -4.56. The molecule has 1 aliphatic rings. The number of aliphatic hydroxyl groups excluding tert-OH is 1. The van der Waals surface area contributed by atoms with Crippen molar-refractivity contribution in [3.05, 3.63) is 107 Å². The summed E-state index contributed by atoms with van der Waals surface area (Å²) in [5.41, 5.74) is 0.635. The van der Waals surface area contributed by atoms with Crippen molar-refractivity contribution in [2.75, 3.05) is 6.54 Å². The molecule has 3 atom stereocenters. The number of rotatable bonds is 6. The molecule has 1 saturated heterocycles. The van der Waals surface area contributed by atoms with Crippen molar-refractivity contribution in [3.63, 3.8) is 0 Å². The molecule has 0 spiro atoms. The van der Waals surface area contributed by atoms with Gasteiger partial charge in [-0.25, -0.2) is 9.18 Å². The fraction of sp³-hybridized carbons (Fsp3) is 0.296. The van der Waals surface area contributed by atoms with Crippen LogP contribution in [0.15, 0.2) is 78.9 Å². The van der Waals surface area contributed by atoms with Gasteiger partial charge in [0.2, 0.25) is 0 Å². The molecule has 3 aromatic carbocycles. The zero-order chi connectivity index (χ0) is 25.0. The zero-order valence-electron chi connectivity index (χ0n) is 18.8. The number of nitrogens with zero attached hydrogens (tertiary/aromatic N) is 1. The van der Waals surface area contributed by atoms with Crippen LogP contribution in [-0.2, 0) is 17.5 Å². The summed E-state index contributed by atoms with van der Waals surface area (Å²) in [7, 11) is 0. The Hall–Kier alpha value is -3.39. The lowest BCUT2D eigenvalue weighted by atomic mass is 9.82. The molecule has 0 aliphatic carbocycles. The first-order valence-corrected chi connectivity index (χ1v) is 11.3. The van der Waals surface area contributed by atoms with E-state index in [1.165, 1.54) is 41.3 Å². The van der Waals surface area contributed by atoms with E-state index in [1.807, 2.05) is 30.3 Å². The average Bonchev–Trinajstić information content (AvgIpc) is 3.34. The fourth-order valence-corrected chi connectivity index (χ4v) is 4.56. The highest BCUT2D eigenvalue weighted by Crippen LogP contribution is 2.37. The van der Waals surface area contributed by atoms with Crippen LogP contribution in [0.4, 0.5) is 22.4 Å². The number of alkyl halides is 3. The second-order valence-corrected chi connectivity index (χ2v) is 8.59. The van der Waals surface area contributed by atoms with Crippen LogP contribution in [0.25, 0.3) is 0 Å². The van der Waals surface area contributed by atoms with E-state index in [2.05, 4.69) is 0 Å². The molecule has 184 valence electrons. The molecule has 4 rings (SSSR count). The molecule has 0 unspecified atom stereocenters. The maximum atomic E-state index is 13.6. The molecule has 1 fully saturated rings. The molecule has 4 nitrogen and oxygen atoms in total. The Morgan fingerprint density at radius 2 is 1.71 bits per heavy atom. The summed E-state index contributed by atoms with van der Waals surface area (Å²) < 4.78 is 59.2. The lowest BCUT2D eigenvalue weighted by Gasteiger charge is -2.33. The predicted octanol–water partition coefficient (Wildman–Crippen LogP) is 6.14. The summed E-state index contributed by atoms with van der Waals surface area (Å²) >= 11 is 0. The Balaban J connectivity index is 1.61. The molecule has 0 radical (unpaired) electrons. The van der Waals surface area contributed by atoms with Crippen molar-refractivity contribution in [2.45, 2.75) is 43.7 Å². The van der Waals surface area contributed by atoms with Crippen LogP contribution < -0.4 is 0 Å². The molecule has 1 heterocycles. The summed E-state index contributed by atoms with van der Waals surface area (Å²) in [5.74, 6) is -1.41. The van der Waals surface area contributed by atoms with Crippen LogP contribution in [0.2, 0.25) is 0 Å². The second kappa shape index (κ2) is 10.5. The molecule has 1 amide bonds. The van der Waals surface area contributed by atoms with Crippen molar-refractivity contribution < 1.29 is 32.2 Å². The highest BCUT2D eigenvalue weighted by molar-refractivity contribution is 5.68. The molecular weight excluding hydrogens is 462 g/mol. The highest BCUT2D eigenvalue weighted by atomic mass is 19.4. The smallest absolute Gasteiger partial charge is 0.416 e. The SMILES string of the molecule is O=C(OCc1ccccc1)N1CCC[C@@H]1[C@H](O)[C@@H](c1ccc(F)cc1)c1cccc(C(F)(F)F)c1. The topological polar surface area (TPSA) is 49.8 Å². The lowest BCUT2D eigenvalue weighted by Crippen LogP contribution is -2.45. The molecule has 0 saturated carbocycles. The molecule has 1 N–H and O–H groups in total. The van der Waals surface area contributed by atoms with E-state index in [0.717, 1.165) is 17.7 Å². The van der Waals surface area contributed by atoms with Gasteiger partial charge in [-0.05, 0) is 47.7 Å². The predicted molar refractivity (Wildman–Crippen MR) is 122 cm³/mol. The number of hydrogen-bond acceptors (Lipinski definition) is 3. The van der Waals surface area contributed by atoms with E-state index in [1.54, 1.807) is 0 Å². The van der Waals surface area contributed by atoms with Crippen molar-refractivity contribution in [2.24, 2.45) is 0 Å².